The van der Waals surface area contributed by atoms with Crippen LogP contribution in [0.4, 0.5) is 5.69 Å². The molecule has 2 aromatic carbocycles. The van der Waals surface area contributed by atoms with Gasteiger partial charge in [-0.2, -0.15) is 0 Å². The van der Waals surface area contributed by atoms with Gasteiger partial charge >= 0.3 is 0 Å². The maximum atomic E-state index is 12.6. The predicted octanol–water partition coefficient (Wildman–Crippen LogP) is 2.14. The molecule has 0 radical (unpaired) electrons. The van der Waals surface area contributed by atoms with Crippen molar-refractivity contribution < 1.29 is 14.3 Å². The van der Waals surface area contributed by atoms with Crippen molar-refractivity contribution in [3.8, 4) is 5.75 Å². The van der Waals surface area contributed by atoms with Crippen molar-refractivity contribution in [1.82, 2.24) is 0 Å². The normalized spacial score (nSPS) is 14.2. The highest BCUT2D eigenvalue weighted by atomic mass is 16.5. The molecule has 5 heteroatoms. The zero-order chi connectivity index (χ0) is 16.4. The molecule has 2 amide bonds. The van der Waals surface area contributed by atoms with Crippen LogP contribution in [0.25, 0.3) is 0 Å². The van der Waals surface area contributed by atoms with Crippen LogP contribution >= 0.6 is 0 Å². The van der Waals surface area contributed by atoms with E-state index in [2.05, 4.69) is 0 Å². The highest BCUT2D eigenvalue weighted by Crippen LogP contribution is 2.28. The van der Waals surface area contributed by atoms with Crippen LogP contribution in [0.3, 0.4) is 0 Å². The minimum Gasteiger partial charge on any atom is -0.481 e. The second-order valence-corrected chi connectivity index (χ2v) is 5.52. The summed E-state index contributed by atoms with van der Waals surface area (Å²) in [5.74, 6) is -0.0355. The van der Waals surface area contributed by atoms with E-state index in [1.54, 1.807) is 36.1 Å². The van der Waals surface area contributed by atoms with E-state index < -0.39 is 12.0 Å². The molecule has 5 nitrogen and oxygen atoms in total. The fourth-order valence-electron chi connectivity index (χ4n) is 2.74. The molecule has 0 fully saturated rings. The first kappa shape index (κ1) is 15.1. The van der Waals surface area contributed by atoms with Crippen LogP contribution in [0.2, 0.25) is 0 Å². The SMILES string of the molecule is C[C@H](Oc1ccc(C(N)=O)cc1)C(=O)N1CCc2ccccc21. The summed E-state index contributed by atoms with van der Waals surface area (Å²) in [5.41, 5.74) is 7.74. The van der Waals surface area contributed by atoms with Gasteiger partial charge in [0.25, 0.3) is 5.91 Å². The van der Waals surface area contributed by atoms with Crippen LogP contribution in [0.1, 0.15) is 22.8 Å². The fraction of sp³-hybridized carbons (Fsp3) is 0.222. The van der Waals surface area contributed by atoms with Gasteiger partial charge in [0.05, 0.1) is 0 Å². The lowest BCUT2D eigenvalue weighted by atomic mass is 10.2. The second-order valence-electron chi connectivity index (χ2n) is 5.52. The van der Waals surface area contributed by atoms with Gasteiger partial charge < -0.3 is 15.4 Å². The van der Waals surface area contributed by atoms with Gasteiger partial charge in [0.1, 0.15) is 5.75 Å². The fourth-order valence-corrected chi connectivity index (χ4v) is 2.74. The van der Waals surface area contributed by atoms with E-state index in [0.717, 1.165) is 12.1 Å². The number of rotatable bonds is 4. The Kier molecular flexibility index (Phi) is 4.02. The summed E-state index contributed by atoms with van der Waals surface area (Å²) in [6, 6.07) is 14.3. The molecule has 0 bridgehead atoms. The summed E-state index contributed by atoms with van der Waals surface area (Å²) in [5, 5.41) is 0. The van der Waals surface area contributed by atoms with E-state index in [-0.39, 0.29) is 5.91 Å². The molecule has 0 aromatic heterocycles. The first-order valence-electron chi connectivity index (χ1n) is 7.52. The van der Waals surface area contributed by atoms with Crippen molar-refractivity contribution in [3.63, 3.8) is 0 Å². The average molecular weight is 310 g/mol. The monoisotopic (exact) mass is 310 g/mol. The van der Waals surface area contributed by atoms with Gasteiger partial charge in [0.15, 0.2) is 6.10 Å². The third kappa shape index (κ3) is 3.04. The van der Waals surface area contributed by atoms with E-state index >= 15 is 0 Å². The number of carbonyl (C=O) groups excluding carboxylic acids is 2. The average Bonchev–Trinajstić information content (AvgIpc) is 2.98. The van der Waals surface area contributed by atoms with E-state index in [9.17, 15) is 9.59 Å². The molecule has 0 saturated carbocycles. The van der Waals surface area contributed by atoms with Crippen molar-refractivity contribution in [3.05, 3.63) is 59.7 Å². The maximum absolute atomic E-state index is 12.6. The molecule has 1 aliphatic heterocycles. The molecule has 0 spiro atoms. The molecule has 1 heterocycles. The predicted molar refractivity (Wildman–Crippen MR) is 87.5 cm³/mol. The molecule has 2 aromatic rings. The highest BCUT2D eigenvalue weighted by Gasteiger charge is 2.28. The molecule has 0 saturated heterocycles. The number of anilines is 1. The van der Waals surface area contributed by atoms with Gasteiger partial charge in [0, 0.05) is 17.8 Å². The molecule has 0 aliphatic carbocycles. The second kappa shape index (κ2) is 6.12. The Morgan fingerprint density at radius 3 is 2.52 bits per heavy atom. The Bertz CT molecular complexity index is 740. The Morgan fingerprint density at radius 1 is 1.13 bits per heavy atom. The van der Waals surface area contributed by atoms with Crippen LogP contribution in [0.5, 0.6) is 5.75 Å². The molecule has 1 atom stereocenters. The third-order valence-electron chi connectivity index (χ3n) is 3.95. The summed E-state index contributed by atoms with van der Waals surface area (Å²) in [7, 11) is 0. The van der Waals surface area contributed by atoms with Gasteiger partial charge in [-0.15, -0.1) is 0 Å². The minimum atomic E-state index is -0.611. The lowest BCUT2D eigenvalue weighted by Gasteiger charge is -2.22. The summed E-state index contributed by atoms with van der Waals surface area (Å²) < 4.78 is 5.69. The lowest BCUT2D eigenvalue weighted by Crippen LogP contribution is -2.39. The number of hydrogen-bond acceptors (Lipinski definition) is 3. The summed E-state index contributed by atoms with van der Waals surface area (Å²) in [6.07, 6.45) is 0.252. The molecule has 23 heavy (non-hydrogen) atoms. The zero-order valence-electron chi connectivity index (χ0n) is 12.9. The molecule has 1 aliphatic rings. The largest absolute Gasteiger partial charge is 0.481 e. The zero-order valence-corrected chi connectivity index (χ0v) is 12.9. The number of primary amides is 1. The van der Waals surface area contributed by atoms with Crippen molar-refractivity contribution in [2.45, 2.75) is 19.4 Å². The Balaban J connectivity index is 1.70. The van der Waals surface area contributed by atoms with E-state index in [4.69, 9.17) is 10.5 Å². The third-order valence-corrected chi connectivity index (χ3v) is 3.95. The lowest BCUT2D eigenvalue weighted by molar-refractivity contribution is -0.124. The van der Waals surface area contributed by atoms with Crippen LogP contribution in [0.15, 0.2) is 48.5 Å². The number of benzene rings is 2. The number of carbonyl (C=O) groups is 2. The number of nitrogens with zero attached hydrogens (tertiary/aromatic N) is 1. The number of para-hydroxylation sites is 1. The number of nitrogens with two attached hydrogens (primary N) is 1. The van der Waals surface area contributed by atoms with Gasteiger partial charge in [-0.05, 0) is 49.2 Å². The van der Waals surface area contributed by atoms with E-state index in [1.807, 2.05) is 24.3 Å². The summed E-state index contributed by atoms with van der Waals surface area (Å²) in [6.45, 7) is 2.40. The first-order chi connectivity index (χ1) is 11.1. The Labute approximate surface area is 134 Å². The molecule has 3 rings (SSSR count). The quantitative estimate of drug-likeness (QED) is 0.940. The molecule has 0 unspecified atom stereocenters. The standard InChI is InChI=1S/C18H18N2O3/c1-12(23-15-8-6-14(7-9-15)17(19)21)18(22)20-11-10-13-4-2-3-5-16(13)20/h2-9,12H,10-11H2,1H3,(H2,19,21)/t12-/m0/s1. The van der Waals surface area contributed by atoms with E-state index in [0.29, 0.717) is 17.9 Å². The van der Waals surface area contributed by atoms with Crippen LogP contribution in [-0.4, -0.2) is 24.5 Å². The van der Waals surface area contributed by atoms with Crippen LogP contribution < -0.4 is 15.4 Å². The minimum absolute atomic E-state index is 0.0751. The van der Waals surface area contributed by atoms with Gasteiger partial charge in [-0.1, -0.05) is 18.2 Å². The van der Waals surface area contributed by atoms with Crippen molar-refractivity contribution >= 4 is 17.5 Å². The first-order valence-corrected chi connectivity index (χ1v) is 7.52. The Hall–Kier alpha value is -2.82. The van der Waals surface area contributed by atoms with Crippen LogP contribution in [0, 0.1) is 0 Å². The highest BCUT2D eigenvalue weighted by molar-refractivity contribution is 5.98. The number of hydrogen-bond donors (Lipinski definition) is 1. The van der Waals surface area contributed by atoms with Gasteiger partial charge in [-0.25, -0.2) is 0 Å². The molecule has 2 N–H and O–H groups in total. The van der Waals surface area contributed by atoms with Gasteiger partial charge in [-0.3, -0.25) is 9.59 Å². The van der Waals surface area contributed by atoms with Crippen molar-refractivity contribution in [2.24, 2.45) is 5.73 Å². The molecule has 118 valence electrons. The maximum Gasteiger partial charge on any atom is 0.267 e. The summed E-state index contributed by atoms with van der Waals surface area (Å²) in [4.78, 5) is 25.4. The van der Waals surface area contributed by atoms with Crippen LogP contribution in [-0.2, 0) is 11.2 Å². The van der Waals surface area contributed by atoms with E-state index in [1.165, 1.54) is 5.56 Å². The van der Waals surface area contributed by atoms with Crippen molar-refractivity contribution in [1.29, 1.82) is 0 Å². The van der Waals surface area contributed by atoms with Gasteiger partial charge in [0.2, 0.25) is 5.91 Å². The number of amides is 2. The molecular weight excluding hydrogens is 292 g/mol. The Morgan fingerprint density at radius 2 is 1.83 bits per heavy atom. The summed E-state index contributed by atoms with van der Waals surface area (Å²) >= 11 is 0. The smallest absolute Gasteiger partial charge is 0.267 e. The van der Waals surface area contributed by atoms with Crippen molar-refractivity contribution in [2.75, 3.05) is 11.4 Å². The molecular formula is C18H18N2O3. The topological polar surface area (TPSA) is 72.6 Å². The number of fused-ring (bicyclic) bond motifs is 1. The number of ether oxygens (including phenoxy) is 1.